The van der Waals surface area contributed by atoms with Crippen molar-refractivity contribution in [1.29, 1.82) is 0 Å². The Morgan fingerprint density at radius 3 is 3.27 bits per heavy atom. The normalized spacial score (nSPS) is 30.0. The van der Waals surface area contributed by atoms with Crippen molar-refractivity contribution in [1.82, 2.24) is 9.69 Å². The molecule has 2 heterocycles. The quantitative estimate of drug-likeness (QED) is 0.638. The molecule has 1 aliphatic rings. The lowest BCUT2D eigenvalue weighted by atomic mass is 9.99. The Morgan fingerprint density at radius 2 is 2.45 bits per heavy atom. The van der Waals surface area contributed by atoms with Crippen molar-refractivity contribution in [2.75, 3.05) is 0 Å². The van der Waals surface area contributed by atoms with Gasteiger partial charge in [0.25, 0.3) is 0 Å². The minimum atomic E-state index is 0.493. The Bertz CT molecular complexity index is 256. The molecule has 1 N–H and O–H groups in total. The Balaban J connectivity index is 2.36. The second kappa shape index (κ2) is 2.57. The topological polar surface area (TPSA) is 24.9 Å². The van der Waals surface area contributed by atoms with Gasteiger partial charge in [0.15, 0.2) is 0 Å². The molecule has 2 nitrogen and oxygen atoms in total. The predicted molar refractivity (Wildman–Crippen MR) is 46.8 cm³/mol. The molecule has 1 aromatic heterocycles. The highest BCUT2D eigenvalue weighted by Crippen LogP contribution is 2.25. The van der Waals surface area contributed by atoms with Gasteiger partial charge in [0.05, 0.1) is 5.69 Å². The first kappa shape index (κ1) is 7.25. The fraction of sp³-hybridized carbons (Fsp3) is 0.625. The zero-order valence-corrected chi connectivity index (χ0v) is 7.61. The van der Waals surface area contributed by atoms with E-state index in [1.54, 1.807) is 11.5 Å². The molecule has 2 rings (SSSR count). The molecule has 0 amide bonds. The number of nitrogens with one attached hydrogen (secondary N) is 1. The van der Waals surface area contributed by atoms with E-state index in [0.717, 1.165) is 6.42 Å². The van der Waals surface area contributed by atoms with Crippen LogP contribution in [0.2, 0.25) is 0 Å². The summed E-state index contributed by atoms with van der Waals surface area (Å²) < 4.78 is 4.36. The Hall–Kier alpha value is -0.410. The van der Waals surface area contributed by atoms with E-state index in [4.69, 9.17) is 0 Å². The van der Waals surface area contributed by atoms with Gasteiger partial charge in [0.1, 0.15) is 0 Å². The molecule has 0 fully saturated rings. The van der Waals surface area contributed by atoms with Crippen molar-refractivity contribution in [3.63, 3.8) is 0 Å². The molecular weight excluding hydrogens is 156 g/mol. The maximum absolute atomic E-state index is 4.36. The van der Waals surface area contributed by atoms with Crippen LogP contribution in [0.3, 0.4) is 0 Å². The van der Waals surface area contributed by atoms with E-state index in [1.807, 2.05) is 0 Å². The Labute approximate surface area is 70.8 Å². The molecular formula is C8H12N2S. The molecule has 60 valence electrons. The average Bonchev–Trinajstić information content (AvgIpc) is 2.34. The van der Waals surface area contributed by atoms with Crippen LogP contribution in [0.4, 0.5) is 0 Å². The average molecular weight is 168 g/mol. The summed E-state index contributed by atoms with van der Waals surface area (Å²) in [5.74, 6) is 0. The van der Waals surface area contributed by atoms with Crippen molar-refractivity contribution >= 4 is 11.5 Å². The van der Waals surface area contributed by atoms with E-state index in [9.17, 15) is 0 Å². The van der Waals surface area contributed by atoms with Crippen molar-refractivity contribution in [3.05, 3.63) is 16.6 Å². The third-order valence-electron chi connectivity index (χ3n) is 2.18. The van der Waals surface area contributed by atoms with Crippen LogP contribution in [-0.2, 0) is 6.42 Å². The van der Waals surface area contributed by atoms with Crippen LogP contribution in [-0.4, -0.2) is 10.4 Å². The molecule has 2 atom stereocenters. The maximum atomic E-state index is 4.36. The summed E-state index contributed by atoms with van der Waals surface area (Å²) in [5.41, 5.74) is 2.70. The van der Waals surface area contributed by atoms with Crippen molar-refractivity contribution in [3.8, 4) is 0 Å². The second-order valence-electron chi connectivity index (χ2n) is 3.21. The predicted octanol–water partition coefficient (Wildman–Crippen LogP) is 1.74. The van der Waals surface area contributed by atoms with E-state index < -0.39 is 0 Å². The lowest BCUT2D eigenvalue weighted by Crippen LogP contribution is -2.35. The molecule has 0 radical (unpaired) electrons. The number of nitrogens with zero attached hydrogens (tertiary/aromatic N) is 1. The van der Waals surface area contributed by atoms with Crippen LogP contribution in [0.5, 0.6) is 0 Å². The highest BCUT2D eigenvalue weighted by molar-refractivity contribution is 7.03. The molecule has 0 aliphatic carbocycles. The monoisotopic (exact) mass is 168 g/mol. The zero-order chi connectivity index (χ0) is 7.84. The summed E-state index contributed by atoms with van der Waals surface area (Å²) in [6, 6.07) is 1.08. The molecule has 1 aliphatic heterocycles. The third-order valence-corrected chi connectivity index (χ3v) is 2.86. The van der Waals surface area contributed by atoms with Gasteiger partial charge in [0, 0.05) is 29.4 Å². The van der Waals surface area contributed by atoms with Gasteiger partial charge in [-0.3, -0.25) is 0 Å². The van der Waals surface area contributed by atoms with Gasteiger partial charge >= 0.3 is 0 Å². The van der Waals surface area contributed by atoms with E-state index in [2.05, 4.69) is 28.9 Å². The molecule has 0 bridgehead atoms. The van der Waals surface area contributed by atoms with Crippen molar-refractivity contribution in [2.24, 2.45) is 0 Å². The summed E-state index contributed by atoms with van der Waals surface area (Å²) >= 11 is 1.57. The van der Waals surface area contributed by atoms with Crippen LogP contribution in [0, 0.1) is 0 Å². The van der Waals surface area contributed by atoms with Gasteiger partial charge in [-0.25, -0.2) is 0 Å². The molecule has 11 heavy (non-hydrogen) atoms. The SMILES string of the molecule is CC1Cc2nscc2C(C)N1. The first-order valence-electron chi connectivity index (χ1n) is 3.96. The Morgan fingerprint density at radius 1 is 1.64 bits per heavy atom. The van der Waals surface area contributed by atoms with Gasteiger partial charge in [-0.15, -0.1) is 0 Å². The highest BCUT2D eigenvalue weighted by Gasteiger charge is 2.21. The molecule has 0 saturated carbocycles. The smallest absolute Gasteiger partial charge is 0.0605 e. The van der Waals surface area contributed by atoms with Gasteiger partial charge in [-0.1, -0.05) is 0 Å². The second-order valence-corrected chi connectivity index (χ2v) is 3.84. The zero-order valence-electron chi connectivity index (χ0n) is 6.79. The summed E-state index contributed by atoms with van der Waals surface area (Å²) in [5, 5.41) is 5.64. The minimum Gasteiger partial charge on any atom is -0.307 e. The third kappa shape index (κ3) is 1.19. The summed E-state index contributed by atoms with van der Waals surface area (Å²) in [6.45, 7) is 4.40. The van der Waals surface area contributed by atoms with Gasteiger partial charge in [-0.2, -0.15) is 4.37 Å². The molecule has 1 aromatic rings. The van der Waals surface area contributed by atoms with E-state index >= 15 is 0 Å². The lowest BCUT2D eigenvalue weighted by molar-refractivity contribution is 0.443. The van der Waals surface area contributed by atoms with Crippen molar-refractivity contribution in [2.45, 2.75) is 32.4 Å². The standard InChI is InChI=1S/C8H12N2S/c1-5-3-8-7(4-11-10-8)6(2)9-5/h4-6,9H,3H2,1-2H3. The van der Waals surface area contributed by atoms with Gasteiger partial charge in [-0.05, 0) is 25.4 Å². The van der Waals surface area contributed by atoms with Crippen LogP contribution >= 0.6 is 11.5 Å². The van der Waals surface area contributed by atoms with E-state index in [0.29, 0.717) is 12.1 Å². The lowest BCUT2D eigenvalue weighted by Gasteiger charge is -2.25. The Kier molecular flexibility index (Phi) is 1.69. The van der Waals surface area contributed by atoms with Crippen LogP contribution < -0.4 is 5.32 Å². The van der Waals surface area contributed by atoms with Crippen LogP contribution in [0.1, 0.15) is 31.1 Å². The van der Waals surface area contributed by atoms with Gasteiger partial charge in [0.2, 0.25) is 0 Å². The fourth-order valence-electron chi connectivity index (χ4n) is 1.64. The molecule has 0 aromatic carbocycles. The van der Waals surface area contributed by atoms with Gasteiger partial charge < -0.3 is 5.32 Å². The first-order valence-corrected chi connectivity index (χ1v) is 4.80. The number of aromatic nitrogens is 1. The number of fused-ring (bicyclic) bond motifs is 1. The van der Waals surface area contributed by atoms with Crippen LogP contribution in [0.15, 0.2) is 5.38 Å². The largest absolute Gasteiger partial charge is 0.307 e. The summed E-state index contributed by atoms with van der Waals surface area (Å²) in [7, 11) is 0. The molecule has 3 heteroatoms. The van der Waals surface area contributed by atoms with Crippen LogP contribution in [0.25, 0.3) is 0 Å². The summed E-state index contributed by atoms with van der Waals surface area (Å²) in [6.07, 6.45) is 1.09. The van der Waals surface area contributed by atoms with E-state index in [1.165, 1.54) is 11.3 Å². The number of hydrogen-bond acceptors (Lipinski definition) is 3. The van der Waals surface area contributed by atoms with E-state index in [-0.39, 0.29) is 0 Å². The molecule has 0 saturated heterocycles. The maximum Gasteiger partial charge on any atom is 0.0605 e. The number of hydrogen-bond donors (Lipinski definition) is 1. The fourth-order valence-corrected chi connectivity index (χ4v) is 2.45. The minimum absolute atomic E-state index is 0.493. The number of rotatable bonds is 0. The van der Waals surface area contributed by atoms with Crippen molar-refractivity contribution < 1.29 is 0 Å². The summed E-state index contributed by atoms with van der Waals surface area (Å²) in [4.78, 5) is 0. The highest BCUT2D eigenvalue weighted by atomic mass is 32.1. The molecule has 2 unspecified atom stereocenters. The first-order chi connectivity index (χ1) is 5.27. The molecule has 0 spiro atoms.